The highest BCUT2D eigenvalue weighted by atomic mass is 32.2. The first-order valence-corrected chi connectivity index (χ1v) is 9.34. The lowest BCUT2D eigenvalue weighted by Gasteiger charge is -2.05. The average Bonchev–Trinajstić information content (AvgIpc) is 3.46. The molecule has 2 atom stereocenters. The molecule has 0 radical (unpaired) electrons. The first-order valence-electron chi connectivity index (χ1n) is 8.46. The quantitative estimate of drug-likeness (QED) is 0.455. The van der Waals surface area contributed by atoms with E-state index in [1.54, 1.807) is 13.1 Å². The summed E-state index contributed by atoms with van der Waals surface area (Å²) in [5.41, 5.74) is 6.85. The van der Waals surface area contributed by atoms with Crippen molar-refractivity contribution in [1.82, 2.24) is 9.97 Å². The highest BCUT2D eigenvalue weighted by molar-refractivity contribution is 8.14. The van der Waals surface area contributed by atoms with Gasteiger partial charge in [-0.2, -0.15) is 0 Å². The van der Waals surface area contributed by atoms with Crippen LogP contribution in [0.1, 0.15) is 29.2 Å². The van der Waals surface area contributed by atoms with E-state index < -0.39 is 5.83 Å². The average molecular weight is 400 g/mol. The number of nitrogens with zero attached hydrogens (tertiary/aromatic N) is 3. The number of hydrogen-bond acceptors (Lipinski definition) is 5. The lowest BCUT2D eigenvalue weighted by Crippen LogP contribution is -2.07. The number of halogens is 2. The van der Waals surface area contributed by atoms with E-state index in [0.717, 1.165) is 6.42 Å². The highest BCUT2D eigenvalue weighted by Crippen LogP contribution is 2.50. The molecule has 5 nitrogen and oxygen atoms in total. The predicted molar refractivity (Wildman–Crippen MR) is 108 cm³/mol. The van der Waals surface area contributed by atoms with Crippen LogP contribution in [0.4, 0.5) is 8.78 Å². The number of hydrogen-bond donors (Lipinski definition) is 1. The molecule has 144 valence electrons. The Morgan fingerprint density at radius 3 is 2.96 bits per heavy atom. The summed E-state index contributed by atoms with van der Waals surface area (Å²) in [6.07, 6.45) is 9.74. The Bertz CT molecular complexity index is 954. The Morgan fingerprint density at radius 2 is 2.29 bits per heavy atom. The van der Waals surface area contributed by atoms with E-state index in [-0.39, 0.29) is 35.2 Å². The molecule has 0 saturated heterocycles. The molecule has 2 unspecified atom stereocenters. The van der Waals surface area contributed by atoms with Gasteiger partial charge in [0.05, 0.1) is 12.4 Å². The van der Waals surface area contributed by atoms with E-state index in [2.05, 4.69) is 20.9 Å². The summed E-state index contributed by atoms with van der Waals surface area (Å²) >= 11 is 1.43. The van der Waals surface area contributed by atoms with E-state index in [0.29, 0.717) is 16.3 Å². The second-order valence-corrected chi connectivity index (χ2v) is 7.33. The number of benzene rings is 1. The maximum atomic E-state index is 14.5. The summed E-state index contributed by atoms with van der Waals surface area (Å²) in [5.74, 6) is 1.66. The Balaban J connectivity index is 1.74. The van der Waals surface area contributed by atoms with Crippen LogP contribution in [0.25, 0.3) is 11.9 Å². The highest BCUT2D eigenvalue weighted by Gasteiger charge is 2.41. The second-order valence-electron chi connectivity index (χ2n) is 6.07. The second kappa shape index (κ2) is 8.85. The maximum Gasteiger partial charge on any atom is 0.233 e. The molecule has 1 heterocycles. The molecule has 1 fully saturated rings. The van der Waals surface area contributed by atoms with Gasteiger partial charge in [-0.15, -0.1) is 6.42 Å². The number of ether oxygens (including phenoxy) is 1. The fourth-order valence-corrected chi connectivity index (χ4v) is 3.65. The summed E-state index contributed by atoms with van der Waals surface area (Å²) < 4.78 is 33.8. The Kier molecular flexibility index (Phi) is 6.26. The zero-order valence-corrected chi connectivity index (χ0v) is 15.9. The molecule has 1 aliphatic rings. The molecule has 0 spiro atoms. The van der Waals surface area contributed by atoms with Gasteiger partial charge < -0.3 is 10.5 Å². The van der Waals surface area contributed by atoms with Gasteiger partial charge in [-0.05, 0) is 35.8 Å². The topological polar surface area (TPSA) is 73.4 Å². The van der Waals surface area contributed by atoms with Gasteiger partial charge in [0.15, 0.2) is 17.6 Å². The molecule has 0 amide bonds. The van der Waals surface area contributed by atoms with Crippen molar-refractivity contribution in [3.63, 3.8) is 0 Å². The van der Waals surface area contributed by atoms with Crippen molar-refractivity contribution in [2.45, 2.75) is 17.6 Å². The minimum Gasteiger partial charge on any atom is -0.463 e. The molecule has 3 rings (SSSR count). The van der Waals surface area contributed by atoms with Crippen molar-refractivity contribution < 1.29 is 13.5 Å². The predicted octanol–water partition coefficient (Wildman–Crippen LogP) is 3.63. The van der Waals surface area contributed by atoms with Gasteiger partial charge in [-0.1, -0.05) is 23.7 Å². The Hall–Kier alpha value is -2.92. The number of rotatable bonds is 6. The molecular formula is C20H18F2N4OS. The molecule has 1 aliphatic carbocycles. The summed E-state index contributed by atoms with van der Waals surface area (Å²) in [6.45, 7) is 0.0565. The van der Waals surface area contributed by atoms with Crippen molar-refractivity contribution >= 4 is 28.8 Å². The van der Waals surface area contributed by atoms with E-state index in [9.17, 15) is 8.78 Å². The summed E-state index contributed by atoms with van der Waals surface area (Å²) in [7, 11) is 1.62. The number of terminal acetylenes is 1. The number of aromatic nitrogens is 2. The van der Waals surface area contributed by atoms with Gasteiger partial charge in [-0.25, -0.2) is 18.7 Å². The zero-order chi connectivity index (χ0) is 20.1. The van der Waals surface area contributed by atoms with Crippen molar-refractivity contribution in [2.24, 2.45) is 10.7 Å². The zero-order valence-electron chi connectivity index (χ0n) is 15.1. The largest absolute Gasteiger partial charge is 0.463 e. The fourth-order valence-electron chi connectivity index (χ4n) is 2.62. The third kappa shape index (κ3) is 4.87. The first-order chi connectivity index (χ1) is 13.5. The molecule has 0 aliphatic heterocycles. The van der Waals surface area contributed by atoms with E-state index >= 15 is 0 Å². The van der Waals surface area contributed by atoms with Gasteiger partial charge in [0.1, 0.15) is 11.5 Å². The van der Waals surface area contributed by atoms with Crippen LogP contribution in [0.15, 0.2) is 35.6 Å². The molecule has 2 aromatic rings. The number of thioether (sulfide) groups is 1. The first kappa shape index (κ1) is 19.8. The lowest BCUT2D eigenvalue weighted by atomic mass is 10.1. The Labute approximate surface area is 166 Å². The van der Waals surface area contributed by atoms with E-state index in [1.165, 1.54) is 42.4 Å². The molecule has 1 aromatic carbocycles. The summed E-state index contributed by atoms with van der Waals surface area (Å²) in [6, 6.07) is 4.51. The third-order valence-corrected chi connectivity index (χ3v) is 5.36. The lowest BCUT2D eigenvalue weighted by molar-refractivity contribution is 0.353. The molecule has 0 bridgehead atoms. The van der Waals surface area contributed by atoms with Gasteiger partial charge in [0, 0.05) is 18.2 Å². The van der Waals surface area contributed by atoms with Gasteiger partial charge in [0.2, 0.25) is 5.88 Å². The van der Waals surface area contributed by atoms with Crippen LogP contribution in [0.3, 0.4) is 0 Å². The number of aliphatic imine (C=N–C) groups is 1. The molecule has 2 N–H and O–H groups in total. The number of amidine groups is 1. The van der Waals surface area contributed by atoms with Gasteiger partial charge in [0.25, 0.3) is 0 Å². The summed E-state index contributed by atoms with van der Waals surface area (Å²) in [5, 5.41) is 0.659. The Morgan fingerprint density at radius 1 is 1.46 bits per heavy atom. The van der Waals surface area contributed by atoms with E-state index in [4.69, 9.17) is 16.9 Å². The van der Waals surface area contributed by atoms with Crippen LogP contribution < -0.4 is 10.5 Å². The molecule has 8 heteroatoms. The minimum absolute atomic E-state index is 0.0362. The van der Waals surface area contributed by atoms with Crippen LogP contribution in [0.2, 0.25) is 0 Å². The summed E-state index contributed by atoms with van der Waals surface area (Å²) in [4.78, 5) is 11.8. The monoisotopic (exact) mass is 400 g/mol. The fraction of sp³-hybridized carbons (Fsp3) is 0.250. The number of nitrogens with two attached hydrogens (primary N) is 1. The van der Waals surface area contributed by atoms with E-state index in [1.807, 2.05) is 0 Å². The normalized spacial score (nSPS) is 19.2. The third-order valence-electron chi connectivity index (χ3n) is 4.11. The smallest absolute Gasteiger partial charge is 0.233 e. The van der Waals surface area contributed by atoms with Crippen molar-refractivity contribution in [3.8, 4) is 18.2 Å². The molecular weight excluding hydrogens is 382 g/mol. The molecule has 28 heavy (non-hydrogen) atoms. The van der Waals surface area contributed by atoms with Crippen LogP contribution in [0.5, 0.6) is 5.88 Å². The van der Waals surface area contributed by atoms with Crippen LogP contribution in [-0.4, -0.2) is 34.0 Å². The van der Waals surface area contributed by atoms with Crippen molar-refractivity contribution in [1.29, 1.82) is 0 Å². The molecule has 1 aromatic heterocycles. The van der Waals surface area contributed by atoms with Crippen LogP contribution >= 0.6 is 11.8 Å². The standard InChI is InChI=1S/C20H18F2N4OS/c1-3-6-27-19-11-25-17(10-26-19)16(22)8-12-4-5-15(21)13(7-12)14-9-18(14)28-20(23)24-2/h1,4-5,7-8,10-11,14,18H,6,9H2,2H3,(H2,23,24)/b16-8-. The van der Waals surface area contributed by atoms with Gasteiger partial charge >= 0.3 is 0 Å². The van der Waals surface area contributed by atoms with Crippen LogP contribution in [-0.2, 0) is 0 Å². The van der Waals surface area contributed by atoms with Crippen molar-refractivity contribution in [3.05, 3.63) is 53.2 Å². The van der Waals surface area contributed by atoms with Gasteiger partial charge in [-0.3, -0.25) is 4.99 Å². The minimum atomic E-state index is -0.586. The maximum absolute atomic E-state index is 14.5. The molecule has 1 saturated carbocycles. The van der Waals surface area contributed by atoms with Crippen LogP contribution in [0, 0.1) is 18.2 Å². The SMILES string of the molecule is C#CCOc1cnc(/C(F)=C/c2ccc(F)c(C3CC3SC(N)=NC)c2)cn1. The van der Waals surface area contributed by atoms with Crippen molar-refractivity contribution in [2.75, 3.05) is 13.7 Å².